The predicted molar refractivity (Wildman–Crippen MR) is 47.0 cm³/mol. The number of aromatic nitrogens is 5. The number of pyridine rings is 1. The minimum Gasteiger partial charge on any atom is -0.233 e. The van der Waals surface area contributed by atoms with Crippen LogP contribution >= 0.6 is 0 Å². The van der Waals surface area contributed by atoms with Gasteiger partial charge in [-0.3, -0.25) is 0 Å². The Bertz CT molecular complexity index is 571. The molecule has 0 atom stereocenters. The molecule has 0 unspecified atom stereocenters. The Balaban J connectivity index is 2.65. The highest BCUT2D eigenvalue weighted by Gasteiger charge is 2.03. The van der Waals surface area contributed by atoms with Gasteiger partial charge in [0.1, 0.15) is 5.52 Å². The highest BCUT2D eigenvalue weighted by Crippen LogP contribution is 2.19. The molecule has 5 nitrogen and oxygen atoms in total. The summed E-state index contributed by atoms with van der Waals surface area (Å²) in [7, 11) is 0. The van der Waals surface area contributed by atoms with Crippen LogP contribution in [0.5, 0.6) is 0 Å². The van der Waals surface area contributed by atoms with Gasteiger partial charge in [-0.2, -0.15) is 5.21 Å². The summed E-state index contributed by atoms with van der Waals surface area (Å²) in [6, 6.07) is 5.93. The summed E-state index contributed by atoms with van der Waals surface area (Å²) in [5.41, 5.74) is 1.33. The van der Waals surface area contributed by atoms with Crippen LogP contribution in [-0.4, -0.2) is 25.6 Å². The lowest BCUT2D eigenvalue weighted by molar-refractivity contribution is 0.792. The van der Waals surface area contributed by atoms with Gasteiger partial charge in [0, 0.05) is 17.0 Å². The van der Waals surface area contributed by atoms with E-state index >= 15 is 0 Å². The van der Waals surface area contributed by atoms with Crippen molar-refractivity contribution in [3.8, 4) is 0 Å². The van der Waals surface area contributed by atoms with Crippen molar-refractivity contribution in [3.63, 3.8) is 0 Å². The molecule has 0 aliphatic rings. The monoisotopic (exact) mass is 171 g/mol. The fourth-order valence-corrected chi connectivity index (χ4v) is 1.40. The van der Waals surface area contributed by atoms with Crippen molar-refractivity contribution in [2.24, 2.45) is 0 Å². The van der Waals surface area contributed by atoms with Crippen LogP contribution in [0.2, 0.25) is 0 Å². The molecule has 1 aromatic carbocycles. The van der Waals surface area contributed by atoms with Gasteiger partial charge in [0.05, 0.1) is 0 Å². The fraction of sp³-hybridized carbons (Fsp3) is 0. The van der Waals surface area contributed by atoms with Gasteiger partial charge in [0.25, 0.3) is 0 Å². The molecular weight excluding hydrogens is 166 g/mol. The largest absolute Gasteiger partial charge is 0.233 e. The molecule has 0 amide bonds. The lowest BCUT2D eigenvalue weighted by Crippen LogP contribution is -1.94. The van der Waals surface area contributed by atoms with Gasteiger partial charge in [-0.25, -0.2) is 4.98 Å². The van der Waals surface area contributed by atoms with Gasteiger partial charge < -0.3 is 0 Å². The lowest BCUT2D eigenvalue weighted by atomic mass is 10.3. The maximum absolute atomic E-state index is 4.14. The summed E-state index contributed by atoms with van der Waals surface area (Å²) in [6.07, 6.45) is 1.78. The number of rotatable bonds is 0. The molecule has 1 N–H and O–H groups in total. The highest BCUT2D eigenvalue weighted by atomic mass is 15.4. The predicted octanol–water partition coefficient (Wildman–Crippen LogP) is 0.901. The molecule has 3 rings (SSSR count). The second-order valence-electron chi connectivity index (χ2n) is 2.74. The van der Waals surface area contributed by atoms with E-state index in [1.165, 1.54) is 0 Å². The zero-order valence-electron chi connectivity index (χ0n) is 6.60. The second-order valence-corrected chi connectivity index (χ2v) is 2.74. The number of nitrogens with zero attached hydrogens (tertiary/aromatic N) is 4. The topological polar surface area (TPSA) is 67.3 Å². The standard InChI is InChI=1S/C8H5N5/c1-2-5-4-9-8-7(6(5)3-1)10-12-13-11-8/h1-4H,(H,10,13). The van der Waals surface area contributed by atoms with Crippen LogP contribution in [0.4, 0.5) is 0 Å². The summed E-state index contributed by atoms with van der Waals surface area (Å²) in [4.78, 5) is 4.14. The van der Waals surface area contributed by atoms with Crippen molar-refractivity contribution in [1.82, 2.24) is 25.6 Å². The van der Waals surface area contributed by atoms with E-state index in [2.05, 4.69) is 25.6 Å². The molecule has 0 aliphatic carbocycles. The van der Waals surface area contributed by atoms with E-state index in [0.29, 0.717) is 5.65 Å². The summed E-state index contributed by atoms with van der Waals surface area (Å²) in [5, 5.41) is 16.0. The molecular formula is C8H5N5. The van der Waals surface area contributed by atoms with Crippen molar-refractivity contribution in [2.75, 3.05) is 0 Å². The molecule has 0 aliphatic heterocycles. The Kier molecular flexibility index (Phi) is 1.11. The molecule has 13 heavy (non-hydrogen) atoms. The first-order valence-electron chi connectivity index (χ1n) is 3.86. The Hall–Kier alpha value is -2.04. The van der Waals surface area contributed by atoms with E-state index in [0.717, 1.165) is 16.3 Å². The van der Waals surface area contributed by atoms with Gasteiger partial charge in [-0.15, -0.1) is 10.2 Å². The molecule has 3 aromatic rings. The maximum Gasteiger partial charge on any atom is 0.202 e. The fourth-order valence-electron chi connectivity index (χ4n) is 1.40. The quantitative estimate of drug-likeness (QED) is 0.545. The first-order valence-corrected chi connectivity index (χ1v) is 3.86. The summed E-state index contributed by atoms with van der Waals surface area (Å²) >= 11 is 0. The normalized spacial score (nSPS) is 11.1. The Morgan fingerprint density at radius 1 is 1.23 bits per heavy atom. The van der Waals surface area contributed by atoms with Crippen molar-refractivity contribution >= 4 is 21.9 Å². The molecule has 2 heterocycles. The van der Waals surface area contributed by atoms with Gasteiger partial charge in [0.15, 0.2) is 0 Å². The zero-order valence-corrected chi connectivity index (χ0v) is 6.60. The van der Waals surface area contributed by atoms with Crippen LogP contribution in [0.25, 0.3) is 21.9 Å². The van der Waals surface area contributed by atoms with Crippen LogP contribution in [0.15, 0.2) is 24.4 Å². The number of hydrogen-bond acceptors (Lipinski definition) is 4. The number of H-pyrrole nitrogens is 1. The van der Waals surface area contributed by atoms with E-state index in [1.807, 2.05) is 18.2 Å². The summed E-state index contributed by atoms with van der Waals surface area (Å²) < 4.78 is 0. The third-order valence-corrected chi connectivity index (χ3v) is 1.99. The zero-order chi connectivity index (χ0) is 8.67. The van der Waals surface area contributed by atoms with Gasteiger partial charge in [-0.1, -0.05) is 23.4 Å². The van der Waals surface area contributed by atoms with Crippen molar-refractivity contribution in [3.05, 3.63) is 24.4 Å². The van der Waals surface area contributed by atoms with E-state index < -0.39 is 0 Å². The van der Waals surface area contributed by atoms with E-state index in [9.17, 15) is 0 Å². The van der Waals surface area contributed by atoms with Gasteiger partial charge >= 0.3 is 0 Å². The average molecular weight is 171 g/mol. The molecule has 2 aromatic heterocycles. The molecule has 0 radical (unpaired) electrons. The van der Waals surface area contributed by atoms with E-state index in [1.54, 1.807) is 6.20 Å². The van der Waals surface area contributed by atoms with Crippen molar-refractivity contribution in [2.45, 2.75) is 0 Å². The lowest BCUT2D eigenvalue weighted by Gasteiger charge is -1.94. The minimum atomic E-state index is 0.591. The molecule has 0 fully saturated rings. The first-order chi connectivity index (χ1) is 6.45. The van der Waals surface area contributed by atoms with Gasteiger partial charge in [0.2, 0.25) is 5.65 Å². The molecule has 0 bridgehead atoms. The Morgan fingerprint density at radius 3 is 3.23 bits per heavy atom. The smallest absolute Gasteiger partial charge is 0.202 e. The minimum absolute atomic E-state index is 0.591. The maximum atomic E-state index is 4.14. The van der Waals surface area contributed by atoms with E-state index in [-0.39, 0.29) is 0 Å². The molecule has 5 heteroatoms. The third-order valence-electron chi connectivity index (χ3n) is 1.99. The first kappa shape index (κ1) is 6.47. The number of aromatic amines is 1. The highest BCUT2D eigenvalue weighted by molar-refractivity contribution is 6.01. The number of hydrogen-bond donors (Lipinski definition) is 1. The van der Waals surface area contributed by atoms with Crippen molar-refractivity contribution in [1.29, 1.82) is 0 Å². The summed E-state index contributed by atoms with van der Waals surface area (Å²) in [6.45, 7) is 0. The van der Waals surface area contributed by atoms with Crippen molar-refractivity contribution < 1.29 is 0 Å². The molecule has 0 saturated heterocycles. The van der Waals surface area contributed by atoms with Gasteiger partial charge in [-0.05, 0) is 0 Å². The SMILES string of the molecule is c1cc2cnc3n[nH]nnc3c2c1. The van der Waals surface area contributed by atoms with Crippen LogP contribution in [-0.2, 0) is 0 Å². The van der Waals surface area contributed by atoms with Crippen LogP contribution in [0.1, 0.15) is 0 Å². The third kappa shape index (κ3) is 0.807. The molecule has 0 saturated carbocycles. The molecule has 62 valence electrons. The summed E-state index contributed by atoms with van der Waals surface area (Å²) in [5.74, 6) is 0. The molecule has 0 spiro atoms. The Labute approximate surface area is 72.8 Å². The van der Waals surface area contributed by atoms with Crippen LogP contribution in [0, 0.1) is 0 Å². The average Bonchev–Trinajstić information content (AvgIpc) is 2.65. The van der Waals surface area contributed by atoms with E-state index in [4.69, 9.17) is 0 Å². The van der Waals surface area contributed by atoms with Crippen LogP contribution < -0.4 is 0 Å². The number of nitrogens with one attached hydrogen (secondary N) is 1. The second kappa shape index (κ2) is 2.22. The Morgan fingerprint density at radius 2 is 2.23 bits per heavy atom. The van der Waals surface area contributed by atoms with Crippen LogP contribution in [0.3, 0.4) is 0 Å². The number of fused-ring (bicyclic) bond motifs is 3.